The Balaban J connectivity index is 2.05. The van der Waals surface area contributed by atoms with E-state index < -0.39 is 0 Å². The van der Waals surface area contributed by atoms with Crippen LogP contribution in [0, 0.1) is 13.8 Å². The maximum Gasteiger partial charge on any atom is 0.336 e. The van der Waals surface area contributed by atoms with Gasteiger partial charge in [0.25, 0.3) is 0 Å². The van der Waals surface area contributed by atoms with Gasteiger partial charge in [-0.15, -0.1) is 5.10 Å². The van der Waals surface area contributed by atoms with E-state index in [9.17, 15) is 0 Å². The molecule has 1 aromatic rings. The minimum absolute atomic E-state index is 0.0291. The predicted molar refractivity (Wildman–Crippen MR) is 64.8 cm³/mol. The number of hydrogen-bond acceptors (Lipinski definition) is 5. The van der Waals surface area contributed by atoms with Crippen molar-refractivity contribution in [3.8, 4) is 6.01 Å². The van der Waals surface area contributed by atoms with E-state index >= 15 is 0 Å². The van der Waals surface area contributed by atoms with Crippen LogP contribution in [-0.2, 0) is 0 Å². The van der Waals surface area contributed by atoms with Crippen molar-refractivity contribution in [2.75, 3.05) is 0 Å². The smallest absolute Gasteiger partial charge is 0.336 e. The summed E-state index contributed by atoms with van der Waals surface area (Å²) in [6, 6.07) is 0.443. The molecular formula is C12H20N4O. The van der Waals surface area contributed by atoms with E-state index in [1.165, 1.54) is 12.8 Å². The van der Waals surface area contributed by atoms with E-state index in [4.69, 9.17) is 10.5 Å². The SMILES string of the molecule is Cc1nnc(OC2CCCCCC2N)nc1C. The molecule has 1 saturated carbocycles. The summed E-state index contributed by atoms with van der Waals surface area (Å²) in [7, 11) is 0. The number of aryl methyl sites for hydroxylation is 2. The summed E-state index contributed by atoms with van der Waals surface area (Å²) in [6.07, 6.45) is 5.62. The maximum atomic E-state index is 6.09. The number of ether oxygens (including phenoxy) is 1. The lowest BCUT2D eigenvalue weighted by molar-refractivity contribution is 0.146. The maximum absolute atomic E-state index is 6.09. The third kappa shape index (κ3) is 3.12. The summed E-state index contributed by atoms with van der Waals surface area (Å²) in [5.74, 6) is 0. The fourth-order valence-corrected chi connectivity index (χ4v) is 2.07. The molecule has 0 aliphatic heterocycles. The molecule has 0 bridgehead atoms. The summed E-state index contributed by atoms with van der Waals surface area (Å²) in [5, 5.41) is 7.97. The minimum atomic E-state index is 0.0291. The Morgan fingerprint density at radius 1 is 1.06 bits per heavy atom. The van der Waals surface area contributed by atoms with Crippen LogP contribution in [0.4, 0.5) is 0 Å². The van der Waals surface area contributed by atoms with Crippen LogP contribution < -0.4 is 10.5 Å². The van der Waals surface area contributed by atoms with E-state index in [2.05, 4.69) is 15.2 Å². The van der Waals surface area contributed by atoms with E-state index in [0.29, 0.717) is 6.01 Å². The average Bonchev–Trinajstić information content (AvgIpc) is 2.50. The molecule has 2 atom stereocenters. The lowest BCUT2D eigenvalue weighted by atomic mass is 10.1. The first-order valence-corrected chi connectivity index (χ1v) is 6.27. The predicted octanol–water partition coefficient (Wildman–Crippen LogP) is 1.53. The highest BCUT2D eigenvalue weighted by Gasteiger charge is 2.23. The molecule has 2 N–H and O–H groups in total. The molecule has 17 heavy (non-hydrogen) atoms. The van der Waals surface area contributed by atoms with Crippen LogP contribution in [0.15, 0.2) is 0 Å². The lowest BCUT2D eigenvalue weighted by Crippen LogP contribution is -2.38. The molecule has 1 aliphatic rings. The van der Waals surface area contributed by atoms with Crippen molar-refractivity contribution in [2.24, 2.45) is 5.73 Å². The van der Waals surface area contributed by atoms with Crippen LogP contribution in [0.3, 0.4) is 0 Å². The quantitative estimate of drug-likeness (QED) is 0.788. The van der Waals surface area contributed by atoms with Gasteiger partial charge in [-0.3, -0.25) is 0 Å². The number of rotatable bonds is 2. The summed E-state index contributed by atoms with van der Waals surface area (Å²) < 4.78 is 5.77. The second-order valence-corrected chi connectivity index (χ2v) is 4.72. The molecule has 5 heteroatoms. The normalized spacial score (nSPS) is 25.4. The Hall–Kier alpha value is -1.23. The molecule has 0 radical (unpaired) electrons. The Bertz CT molecular complexity index is 383. The molecule has 2 rings (SSSR count). The Morgan fingerprint density at radius 3 is 2.59 bits per heavy atom. The summed E-state index contributed by atoms with van der Waals surface area (Å²) >= 11 is 0. The number of nitrogens with two attached hydrogens (primary N) is 1. The summed E-state index contributed by atoms with van der Waals surface area (Å²) in [6.45, 7) is 3.79. The van der Waals surface area contributed by atoms with Crippen molar-refractivity contribution in [1.29, 1.82) is 0 Å². The topological polar surface area (TPSA) is 73.9 Å². The van der Waals surface area contributed by atoms with E-state index in [-0.39, 0.29) is 12.1 Å². The van der Waals surface area contributed by atoms with Gasteiger partial charge < -0.3 is 10.5 Å². The van der Waals surface area contributed by atoms with Crippen molar-refractivity contribution in [3.05, 3.63) is 11.4 Å². The Kier molecular flexibility index (Phi) is 3.89. The highest BCUT2D eigenvalue weighted by molar-refractivity contribution is 5.08. The van der Waals surface area contributed by atoms with Gasteiger partial charge in [-0.05, 0) is 33.1 Å². The van der Waals surface area contributed by atoms with Gasteiger partial charge in [0, 0.05) is 6.04 Å². The first-order valence-electron chi connectivity index (χ1n) is 6.27. The van der Waals surface area contributed by atoms with Crippen LogP contribution in [0.25, 0.3) is 0 Å². The van der Waals surface area contributed by atoms with Crippen LogP contribution in [0.5, 0.6) is 6.01 Å². The van der Waals surface area contributed by atoms with Gasteiger partial charge in [0.05, 0.1) is 11.4 Å². The Morgan fingerprint density at radius 2 is 1.82 bits per heavy atom. The van der Waals surface area contributed by atoms with Crippen LogP contribution in [-0.4, -0.2) is 27.3 Å². The molecule has 0 saturated heterocycles. The van der Waals surface area contributed by atoms with Crippen molar-refractivity contribution < 1.29 is 4.74 Å². The first-order chi connectivity index (χ1) is 8.16. The second-order valence-electron chi connectivity index (χ2n) is 4.72. The fourth-order valence-electron chi connectivity index (χ4n) is 2.07. The van der Waals surface area contributed by atoms with Gasteiger partial charge >= 0.3 is 6.01 Å². The monoisotopic (exact) mass is 236 g/mol. The third-order valence-corrected chi connectivity index (χ3v) is 3.33. The highest BCUT2D eigenvalue weighted by Crippen LogP contribution is 2.20. The number of aromatic nitrogens is 3. The van der Waals surface area contributed by atoms with Crippen LogP contribution in [0.2, 0.25) is 0 Å². The van der Waals surface area contributed by atoms with Crippen molar-refractivity contribution >= 4 is 0 Å². The van der Waals surface area contributed by atoms with Crippen molar-refractivity contribution in [2.45, 2.75) is 58.1 Å². The largest absolute Gasteiger partial charge is 0.457 e. The van der Waals surface area contributed by atoms with E-state index in [1.54, 1.807) is 0 Å². The summed E-state index contributed by atoms with van der Waals surface area (Å²) in [5.41, 5.74) is 7.79. The summed E-state index contributed by atoms with van der Waals surface area (Å²) in [4.78, 5) is 4.28. The molecule has 1 heterocycles. The fraction of sp³-hybridized carbons (Fsp3) is 0.750. The molecule has 94 valence electrons. The standard InChI is InChI=1S/C12H20N4O/c1-8-9(2)15-16-12(14-8)17-11-7-5-3-4-6-10(11)13/h10-11H,3-7,13H2,1-2H3. The van der Waals surface area contributed by atoms with Gasteiger partial charge in [-0.2, -0.15) is 4.98 Å². The van der Waals surface area contributed by atoms with Crippen molar-refractivity contribution in [3.63, 3.8) is 0 Å². The Labute approximate surface area is 102 Å². The minimum Gasteiger partial charge on any atom is -0.457 e. The highest BCUT2D eigenvalue weighted by atomic mass is 16.5. The lowest BCUT2D eigenvalue weighted by Gasteiger charge is -2.21. The molecule has 0 spiro atoms. The zero-order valence-electron chi connectivity index (χ0n) is 10.5. The van der Waals surface area contributed by atoms with Crippen LogP contribution in [0.1, 0.15) is 43.5 Å². The van der Waals surface area contributed by atoms with E-state index in [0.717, 1.165) is 30.7 Å². The molecule has 5 nitrogen and oxygen atoms in total. The third-order valence-electron chi connectivity index (χ3n) is 3.33. The molecule has 1 fully saturated rings. The van der Waals surface area contributed by atoms with Gasteiger partial charge in [-0.25, -0.2) is 0 Å². The van der Waals surface area contributed by atoms with Crippen molar-refractivity contribution in [1.82, 2.24) is 15.2 Å². The number of hydrogen-bond donors (Lipinski definition) is 1. The first kappa shape index (κ1) is 12.2. The van der Waals surface area contributed by atoms with Gasteiger partial charge in [0.2, 0.25) is 0 Å². The molecule has 0 amide bonds. The zero-order chi connectivity index (χ0) is 12.3. The van der Waals surface area contributed by atoms with Gasteiger partial charge in [0.1, 0.15) is 6.10 Å². The second kappa shape index (κ2) is 5.40. The molecule has 1 aromatic heterocycles. The molecule has 2 unspecified atom stereocenters. The number of nitrogens with zero attached hydrogens (tertiary/aromatic N) is 3. The molecule has 0 aromatic carbocycles. The zero-order valence-corrected chi connectivity index (χ0v) is 10.5. The van der Waals surface area contributed by atoms with E-state index in [1.807, 2.05) is 13.8 Å². The average molecular weight is 236 g/mol. The van der Waals surface area contributed by atoms with Gasteiger partial charge in [-0.1, -0.05) is 17.9 Å². The molecular weight excluding hydrogens is 216 g/mol. The molecule has 1 aliphatic carbocycles. The van der Waals surface area contributed by atoms with Gasteiger partial charge in [0.15, 0.2) is 0 Å². The van der Waals surface area contributed by atoms with Crippen LogP contribution >= 0.6 is 0 Å².